The summed E-state index contributed by atoms with van der Waals surface area (Å²) < 4.78 is 65.3. The zero-order valence-electron chi connectivity index (χ0n) is 13.1. The van der Waals surface area contributed by atoms with Crippen LogP contribution in [0, 0.1) is 13.8 Å². The first-order chi connectivity index (χ1) is 11.5. The zero-order valence-corrected chi connectivity index (χ0v) is 15.5. The number of fused-ring (bicyclic) bond motifs is 1. The van der Waals surface area contributed by atoms with Gasteiger partial charge in [0.1, 0.15) is 9.90 Å². The molecule has 3 aromatic rings. The molecule has 0 saturated carbocycles. The SMILES string of the molecule is Cc1ccc(-c2nc3ccc(C)c(S(=O)(=O)O)c3s2)cc1S(=O)(=O)O. The molecule has 0 aliphatic rings. The van der Waals surface area contributed by atoms with E-state index in [0.29, 0.717) is 27.2 Å². The summed E-state index contributed by atoms with van der Waals surface area (Å²) in [5, 5.41) is 0.371. The Morgan fingerprint density at radius 3 is 2.16 bits per heavy atom. The topological polar surface area (TPSA) is 122 Å². The van der Waals surface area contributed by atoms with Gasteiger partial charge in [0.05, 0.1) is 15.1 Å². The Hall–Kier alpha value is -1.85. The van der Waals surface area contributed by atoms with Crippen molar-refractivity contribution in [3.05, 3.63) is 41.5 Å². The Bertz CT molecular complexity index is 1210. The third kappa shape index (κ3) is 3.31. The highest BCUT2D eigenvalue weighted by Crippen LogP contribution is 2.36. The van der Waals surface area contributed by atoms with Crippen LogP contribution in [0.2, 0.25) is 0 Å². The largest absolute Gasteiger partial charge is 0.296 e. The van der Waals surface area contributed by atoms with Crippen LogP contribution in [0.5, 0.6) is 0 Å². The number of rotatable bonds is 3. The smallest absolute Gasteiger partial charge is 0.282 e. The molecule has 0 aliphatic heterocycles. The molecule has 0 bridgehead atoms. The zero-order chi connectivity index (χ0) is 18.6. The first kappa shape index (κ1) is 18.0. The normalized spacial score (nSPS) is 12.6. The lowest BCUT2D eigenvalue weighted by atomic mass is 10.1. The van der Waals surface area contributed by atoms with E-state index in [1.54, 1.807) is 26.0 Å². The standard InChI is InChI=1S/C15H13NO6S3/c1-8-3-5-10(7-12(8)24(17,18)19)15-16-11-6-4-9(2)14(13(11)23-15)25(20,21)22/h3-7H,1-2H3,(H,17,18,19)(H,20,21,22). The Balaban J connectivity index is 2.29. The van der Waals surface area contributed by atoms with Crippen LogP contribution >= 0.6 is 11.3 Å². The van der Waals surface area contributed by atoms with Gasteiger partial charge in [0.25, 0.3) is 20.2 Å². The third-order valence-corrected chi connectivity index (χ3v) is 6.98. The lowest BCUT2D eigenvalue weighted by Crippen LogP contribution is -2.01. The molecule has 0 radical (unpaired) electrons. The molecule has 1 aromatic heterocycles. The molecule has 1 heterocycles. The van der Waals surface area contributed by atoms with Gasteiger partial charge in [0, 0.05) is 5.56 Å². The molecule has 0 amide bonds. The molecule has 2 aromatic carbocycles. The minimum Gasteiger partial charge on any atom is -0.282 e. The lowest BCUT2D eigenvalue weighted by Gasteiger charge is -2.04. The molecule has 10 heteroatoms. The van der Waals surface area contributed by atoms with Crippen LogP contribution in [0.3, 0.4) is 0 Å². The minimum atomic E-state index is -4.43. The van der Waals surface area contributed by atoms with Gasteiger partial charge in [0.2, 0.25) is 0 Å². The summed E-state index contributed by atoms with van der Waals surface area (Å²) in [6.45, 7) is 3.11. The second-order valence-corrected chi connectivity index (χ2v) is 9.26. The van der Waals surface area contributed by atoms with Crippen molar-refractivity contribution in [1.82, 2.24) is 4.98 Å². The van der Waals surface area contributed by atoms with Crippen molar-refractivity contribution in [1.29, 1.82) is 0 Å². The summed E-state index contributed by atoms with van der Waals surface area (Å²) in [6.07, 6.45) is 0. The van der Waals surface area contributed by atoms with Crippen molar-refractivity contribution in [2.75, 3.05) is 0 Å². The van der Waals surface area contributed by atoms with Gasteiger partial charge < -0.3 is 0 Å². The highest BCUT2D eigenvalue weighted by atomic mass is 32.2. The van der Waals surface area contributed by atoms with Gasteiger partial charge in [-0.3, -0.25) is 9.11 Å². The highest BCUT2D eigenvalue weighted by Gasteiger charge is 2.21. The first-order valence-electron chi connectivity index (χ1n) is 6.94. The van der Waals surface area contributed by atoms with Crippen LogP contribution in [0.15, 0.2) is 40.1 Å². The maximum absolute atomic E-state index is 11.7. The molecule has 3 rings (SSSR count). The molecule has 2 N–H and O–H groups in total. The predicted octanol–water partition coefficient (Wildman–Crippen LogP) is 3.07. The molecule has 0 fully saturated rings. The van der Waals surface area contributed by atoms with E-state index in [1.165, 1.54) is 18.2 Å². The Labute approximate surface area is 148 Å². The van der Waals surface area contributed by atoms with Crippen LogP contribution in [0.25, 0.3) is 20.8 Å². The number of hydrogen-bond acceptors (Lipinski definition) is 6. The molecule has 0 aliphatic carbocycles. The molecule has 25 heavy (non-hydrogen) atoms. The fourth-order valence-electron chi connectivity index (χ4n) is 2.52. The van der Waals surface area contributed by atoms with Gasteiger partial charge in [-0.2, -0.15) is 16.8 Å². The molecular formula is C15H13NO6S3. The van der Waals surface area contributed by atoms with E-state index in [9.17, 15) is 25.9 Å². The van der Waals surface area contributed by atoms with Gasteiger partial charge in [-0.25, -0.2) is 4.98 Å². The maximum atomic E-state index is 11.7. The van der Waals surface area contributed by atoms with E-state index in [2.05, 4.69) is 4.98 Å². The van der Waals surface area contributed by atoms with Gasteiger partial charge in [-0.1, -0.05) is 18.2 Å². The van der Waals surface area contributed by atoms with Crippen LogP contribution in [0.4, 0.5) is 0 Å². The predicted molar refractivity (Wildman–Crippen MR) is 94.2 cm³/mol. The molecular weight excluding hydrogens is 386 g/mol. The highest BCUT2D eigenvalue weighted by molar-refractivity contribution is 7.86. The number of hydrogen-bond donors (Lipinski definition) is 2. The molecule has 0 saturated heterocycles. The molecule has 0 atom stereocenters. The summed E-state index contributed by atoms with van der Waals surface area (Å²) in [5.41, 5.74) is 1.54. The Morgan fingerprint density at radius 1 is 0.920 bits per heavy atom. The van der Waals surface area contributed by atoms with Crippen molar-refractivity contribution in [2.45, 2.75) is 23.6 Å². The third-order valence-electron chi connectivity index (χ3n) is 3.68. The van der Waals surface area contributed by atoms with Crippen molar-refractivity contribution in [2.24, 2.45) is 0 Å². The van der Waals surface area contributed by atoms with E-state index in [4.69, 9.17) is 0 Å². The average Bonchev–Trinajstić information content (AvgIpc) is 2.88. The fraction of sp³-hybridized carbons (Fsp3) is 0.133. The van der Waals surface area contributed by atoms with Crippen molar-refractivity contribution in [3.63, 3.8) is 0 Å². The molecule has 132 valence electrons. The van der Waals surface area contributed by atoms with Gasteiger partial charge >= 0.3 is 0 Å². The number of aromatic nitrogens is 1. The summed E-state index contributed by atoms with van der Waals surface area (Å²) in [4.78, 5) is 3.87. The van der Waals surface area contributed by atoms with E-state index in [1.807, 2.05) is 0 Å². The summed E-state index contributed by atoms with van der Waals surface area (Å²) in [6, 6.07) is 7.59. The number of benzene rings is 2. The summed E-state index contributed by atoms with van der Waals surface area (Å²) >= 11 is 1.02. The average molecular weight is 399 g/mol. The van der Waals surface area contributed by atoms with E-state index >= 15 is 0 Å². The molecule has 0 unspecified atom stereocenters. The summed E-state index contributed by atoms with van der Waals surface area (Å²) in [5.74, 6) is 0. The Morgan fingerprint density at radius 2 is 1.56 bits per heavy atom. The maximum Gasteiger partial charge on any atom is 0.296 e. The summed E-state index contributed by atoms with van der Waals surface area (Å²) in [7, 11) is -8.82. The van der Waals surface area contributed by atoms with Gasteiger partial charge in [0.15, 0.2) is 0 Å². The van der Waals surface area contributed by atoms with Gasteiger partial charge in [-0.15, -0.1) is 11.3 Å². The monoisotopic (exact) mass is 399 g/mol. The number of aryl methyl sites for hydroxylation is 2. The molecule has 0 spiro atoms. The van der Waals surface area contributed by atoms with Crippen molar-refractivity contribution >= 4 is 41.8 Å². The Kier molecular flexibility index (Phi) is 4.20. The fourth-order valence-corrected chi connectivity index (χ4v) is 5.58. The first-order valence-corrected chi connectivity index (χ1v) is 10.6. The quantitative estimate of drug-likeness (QED) is 0.649. The van der Waals surface area contributed by atoms with E-state index in [0.717, 1.165) is 11.3 Å². The second-order valence-electron chi connectivity index (χ2n) is 5.51. The second kappa shape index (κ2) is 5.85. The molecule has 7 nitrogen and oxygen atoms in total. The van der Waals surface area contributed by atoms with Crippen LogP contribution in [0.1, 0.15) is 11.1 Å². The van der Waals surface area contributed by atoms with Crippen LogP contribution in [-0.4, -0.2) is 30.9 Å². The number of thiazole rings is 1. The van der Waals surface area contributed by atoms with Crippen molar-refractivity contribution < 1.29 is 25.9 Å². The van der Waals surface area contributed by atoms with Crippen LogP contribution in [-0.2, 0) is 20.2 Å². The van der Waals surface area contributed by atoms with Crippen LogP contribution < -0.4 is 0 Å². The lowest BCUT2D eigenvalue weighted by molar-refractivity contribution is 0.481. The van der Waals surface area contributed by atoms with E-state index < -0.39 is 20.2 Å². The van der Waals surface area contributed by atoms with E-state index in [-0.39, 0.29) is 14.5 Å². The van der Waals surface area contributed by atoms with Crippen molar-refractivity contribution in [3.8, 4) is 10.6 Å². The van der Waals surface area contributed by atoms with Gasteiger partial charge in [-0.05, 0) is 37.1 Å². The number of nitrogens with zero attached hydrogens (tertiary/aromatic N) is 1. The minimum absolute atomic E-state index is 0.212.